The first-order chi connectivity index (χ1) is 16.5. The number of piperidine rings is 1. The molecule has 4 bridgehead atoms. The summed E-state index contributed by atoms with van der Waals surface area (Å²) in [5, 5.41) is 3.50. The number of carbonyl (C=O) groups excluding carboxylic acids is 2. The van der Waals surface area contributed by atoms with Crippen LogP contribution in [0, 0.1) is 23.7 Å². The molecule has 6 aliphatic rings. The Labute approximate surface area is 210 Å². The van der Waals surface area contributed by atoms with Crippen molar-refractivity contribution < 1.29 is 14.3 Å². The zero-order chi connectivity index (χ0) is 23.4. The van der Waals surface area contributed by atoms with Crippen LogP contribution in [0.25, 0.3) is 5.57 Å². The number of halogens is 1. The fourth-order valence-corrected chi connectivity index (χ4v) is 9.08. The average molecular weight is 528 g/mol. The van der Waals surface area contributed by atoms with E-state index in [2.05, 4.69) is 33.4 Å². The molecule has 0 aromatic heterocycles. The molecule has 0 atom stereocenters. The first-order valence-electron chi connectivity index (χ1n) is 13.2. The van der Waals surface area contributed by atoms with E-state index in [9.17, 15) is 9.59 Å². The molecule has 182 valence electrons. The molecule has 5 fully saturated rings. The molecule has 5 nitrogen and oxygen atoms in total. The van der Waals surface area contributed by atoms with Gasteiger partial charge in [-0.25, -0.2) is 9.59 Å². The van der Waals surface area contributed by atoms with E-state index in [0.717, 1.165) is 59.8 Å². The topological polar surface area (TPSA) is 58.6 Å². The van der Waals surface area contributed by atoms with Gasteiger partial charge in [0, 0.05) is 35.1 Å². The fourth-order valence-electron chi connectivity index (χ4n) is 8.29. The maximum atomic E-state index is 13.3. The normalized spacial score (nSPS) is 33.9. The lowest BCUT2D eigenvalue weighted by Crippen LogP contribution is -2.59. The number of carbonyl (C=O) groups is 2. The SMILES string of the molecule is CCOC(=O)/C=C1/CC2(CCN(C(=O)NC3C4CC5CC(C4)CC3C5)CC2)c2c(Br)cccc21. The van der Waals surface area contributed by atoms with Gasteiger partial charge in [-0.1, -0.05) is 28.1 Å². The molecule has 1 N–H and O–H groups in total. The number of esters is 1. The van der Waals surface area contributed by atoms with Gasteiger partial charge in [0.15, 0.2) is 0 Å². The van der Waals surface area contributed by atoms with E-state index in [-0.39, 0.29) is 17.4 Å². The van der Waals surface area contributed by atoms with Gasteiger partial charge in [-0.2, -0.15) is 0 Å². The molecule has 5 aliphatic carbocycles. The average Bonchev–Trinajstić information content (AvgIpc) is 3.10. The minimum absolute atomic E-state index is 0.0346. The standard InChI is InChI=1S/C28H35BrN2O3/c1-2-34-24(32)15-21-16-28(25-22(21)4-3-5-23(25)29)6-8-31(9-7-28)27(33)30-26-19-11-17-10-18(13-19)14-20(26)12-17/h3-5,15,17-20,26H,2,6-14,16H2,1H3,(H,30,33)/b21-15-. The maximum absolute atomic E-state index is 13.3. The highest BCUT2D eigenvalue weighted by atomic mass is 79.9. The molecular formula is C28H35BrN2O3. The number of fused-ring (bicyclic) bond motifs is 2. The highest BCUT2D eigenvalue weighted by Gasteiger charge is 2.50. The van der Waals surface area contributed by atoms with Crippen molar-refractivity contribution in [3.05, 3.63) is 39.9 Å². The van der Waals surface area contributed by atoms with Crippen LogP contribution >= 0.6 is 15.9 Å². The third-order valence-electron chi connectivity index (χ3n) is 9.52. The number of likely N-dealkylation sites (tertiary alicyclic amines) is 1. The van der Waals surface area contributed by atoms with Crippen LogP contribution in [0.15, 0.2) is 28.7 Å². The Morgan fingerprint density at radius 1 is 1.12 bits per heavy atom. The van der Waals surface area contributed by atoms with Crippen LogP contribution in [0.1, 0.15) is 69.4 Å². The number of ether oxygens (including phenoxy) is 1. The fraction of sp³-hybridized carbons (Fsp3) is 0.643. The number of rotatable bonds is 3. The summed E-state index contributed by atoms with van der Waals surface area (Å²) in [7, 11) is 0. The second kappa shape index (κ2) is 8.69. The van der Waals surface area contributed by atoms with Crippen molar-refractivity contribution in [2.45, 2.75) is 69.7 Å². The minimum atomic E-state index is -0.270. The number of allylic oxidation sites excluding steroid dienone is 1. The minimum Gasteiger partial charge on any atom is -0.463 e. The quantitative estimate of drug-likeness (QED) is 0.407. The number of urea groups is 1. The van der Waals surface area contributed by atoms with E-state index in [4.69, 9.17) is 4.74 Å². The second-order valence-corrected chi connectivity index (χ2v) is 12.3. The van der Waals surface area contributed by atoms with Crippen LogP contribution in [0.3, 0.4) is 0 Å². The lowest BCUT2D eigenvalue weighted by atomic mass is 9.54. The van der Waals surface area contributed by atoms with Gasteiger partial charge in [0.05, 0.1) is 6.61 Å². The van der Waals surface area contributed by atoms with Gasteiger partial charge in [-0.3, -0.25) is 0 Å². The van der Waals surface area contributed by atoms with Gasteiger partial charge >= 0.3 is 12.0 Å². The van der Waals surface area contributed by atoms with Crippen molar-refractivity contribution in [3.63, 3.8) is 0 Å². The van der Waals surface area contributed by atoms with E-state index >= 15 is 0 Å². The number of nitrogens with zero attached hydrogens (tertiary/aromatic N) is 1. The summed E-state index contributed by atoms with van der Waals surface area (Å²) in [6, 6.07) is 6.77. The van der Waals surface area contributed by atoms with E-state index in [0.29, 0.717) is 24.5 Å². The molecule has 1 heterocycles. The highest BCUT2D eigenvalue weighted by molar-refractivity contribution is 9.10. The Hall–Kier alpha value is -1.82. The van der Waals surface area contributed by atoms with Crippen LogP contribution < -0.4 is 5.32 Å². The summed E-state index contributed by atoms with van der Waals surface area (Å²) in [6.45, 7) is 3.73. The van der Waals surface area contributed by atoms with Crippen molar-refractivity contribution >= 4 is 33.5 Å². The summed E-state index contributed by atoms with van der Waals surface area (Å²) in [5.74, 6) is 2.97. The molecular weight excluding hydrogens is 492 g/mol. The van der Waals surface area contributed by atoms with E-state index < -0.39 is 0 Å². The molecule has 1 aromatic rings. The molecule has 6 heteroatoms. The molecule has 1 aliphatic heterocycles. The molecule has 4 saturated carbocycles. The number of amides is 2. The summed E-state index contributed by atoms with van der Waals surface area (Å²) >= 11 is 3.79. The third-order valence-corrected chi connectivity index (χ3v) is 10.2. The van der Waals surface area contributed by atoms with Crippen molar-refractivity contribution in [2.75, 3.05) is 19.7 Å². The molecule has 0 unspecified atom stereocenters. The Morgan fingerprint density at radius 2 is 1.79 bits per heavy atom. The molecule has 2 amide bonds. The molecule has 34 heavy (non-hydrogen) atoms. The Morgan fingerprint density at radius 3 is 2.44 bits per heavy atom. The first-order valence-corrected chi connectivity index (χ1v) is 14.0. The van der Waals surface area contributed by atoms with Gasteiger partial charge in [-0.05, 0) is 105 Å². The lowest BCUT2D eigenvalue weighted by molar-refractivity contribution is -0.137. The van der Waals surface area contributed by atoms with Gasteiger partial charge in [0.25, 0.3) is 0 Å². The lowest BCUT2D eigenvalue weighted by Gasteiger charge is -2.54. The highest BCUT2D eigenvalue weighted by Crippen LogP contribution is 2.55. The molecule has 1 aromatic carbocycles. The van der Waals surface area contributed by atoms with Crippen molar-refractivity contribution in [1.29, 1.82) is 0 Å². The zero-order valence-electron chi connectivity index (χ0n) is 20.0. The number of hydrogen-bond donors (Lipinski definition) is 1. The molecule has 0 radical (unpaired) electrons. The zero-order valence-corrected chi connectivity index (χ0v) is 21.6. The number of hydrogen-bond acceptors (Lipinski definition) is 3. The molecule has 1 spiro atoms. The van der Waals surface area contributed by atoms with E-state index in [1.54, 1.807) is 6.08 Å². The summed E-state index contributed by atoms with van der Waals surface area (Å²) in [6.07, 6.45) is 11.1. The third kappa shape index (κ3) is 3.81. The van der Waals surface area contributed by atoms with Crippen molar-refractivity contribution in [1.82, 2.24) is 10.2 Å². The Bertz CT molecular complexity index is 998. The van der Waals surface area contributed by atoms with Gasteiger partial charge in [-0.15, -0.1) is 0 Å². The van der Waals surface area contributed by atoms with Crippen LogP contribution in [0.2, 0.25) is 0 Å². The smallest absolute Gasteiger partial charge is 0.331 e. The van der Waals surface area contributed by atoms with Crippen LogP contribution in [0.4, 0.5) is 4.79 Å². The van der Waals surface area contributed by atoms with Gasteiger partial charge in [0.1, 0.15) is 0 Å². The van der Waals surface area contributed by atoms with E-state index in [1.165, 1.54) is 37.7 Å². The van der Waals surface area contributed by atoms with Gasteiger partial charge < -0.3 is 15.0 Å². The van der Waals surface area contributed by atoms with E-state index in [1.807, 2.05) is 17.9 Å². The summed E-state index contributed by atoms with van der Waals surface area (Å²) < 4.78 is 6.30. The largest absolute Gasteiger partial charge is 0.463 e. The van der Waals surface area contributed by atoms with Crippen molar-refractivity contribution in [3.8, 4) is 0 Å². The Kier molecular flexibility index (Phi) is 5.78. The van der Waals surface area contributed by atoms with Crippen LogP contribution in [-0.2, 0) is 14.9 Å². The predicted molar refractivity (Wildman–Crippen MR) is 135 cm³/mol. The van der Waals surface area contributed by atoms with Crippen LogP contribution in [-0.4, -0.2) is 42.6 Å². The number of nitrogens with one attached hydrogen (secondary N) is 1. The van der Waals surface area contributed by atoms with Crippen molar-refractivity contribution in [2.24, 2.45) is 23.7 Å². The molecule has 1 saturated heterocycles. The first kappa shape index (κ1) is 22.6. The summed E-state index contributed by atoms with van der Waals surface area (Å²) in [4.78, 5) is 27.6. The van der Waals surface area contributed by atoms with Gasteiger partial charge in [0.2, 0.25) is 0 Å². The predicted octanol–water partition coefficient (Wildman–Crippen LogP) is 5.67. The maximum Gasteiger partial charge on any atom is 0.331 e. The molecule has 7 rings (SSSR count). The summed E-state index contributed by atoms with van der Waals surface area (Å²) in [5.41, 5.74) is 3.47. The van der Waals surface area contributed by atoms with Crippen LogP contribution in [0.5, 0.6) is 0 Å². The number of benzene rings is 1. The second-order valence-electron chi connectivity index (χ2n) is 11.4. The Balaban J connectivity index is 1.16. The monoisotopic (exact) mass is 526 g/mol.